The first-order chi connectivity index (χ1) is 9.78. The first-order valence-electron chi connectivity index (χ1n) is 6.15. The molecule has 0 saturated carbocycles. The van der Waals surface area contributed by atoms with E-state index in [-0.39, 0.29) is 17.9 Å². The Morgan fingerprint density at radius 2 is 2.20 bits per heavy atom. The molecule has 0 bridgehead atoms. The van der Waals surface area contributed by atoms with Crippen LogP contribution in [0.1, 0.15) is 0 Å². The summed E-state index contributed by atoms with van der Waals surface area (Å²) in [6.45, 7) is 1.53. The topological polar surface area (TPSA) is 89.2 Å². The van der Waals surface area contributed by atoms with Gasteiger partial charge in [0.15, 0.2) is 0 Å². The monoisotopic (exact) mass is 296 g/mol. The van der Waals surface area contributed by atoms with Crippen LogP contribution in [0.4, 0.5) is 5.95 Å². The molecule has 2 aromatic rings. The van der Waals surface area contributed by atoms with E-state index in [4.69, 9.17) is 16.3 Å². The highest BCUT2D eigenvalue weighted by atomic mass is 35.5. The molecule has 0 aliphatic carbocycles. The lowest BCUT2D eigenvalue weighted by Crippen LogP contribution is -2.48. The number of halogens is 1. The summed E-state index contributed by atoms with van der Waals surface area (Å²) in [7, 11) is 0. The van der Waals surface area contributed by atoms with Gasteiger partial charge in [0.25, 0.3) is 5.95 Å². The van der Waals surface area contributed by atoms with E-state index in [0.717, 1.165) is 0 Å². The SMILES string of the molecule is OCC1COCCN1c1nc(Cl)nc(-n2cccn2)n1. The van der Waals surface area contributed by atoms with Crippen molar-refractivity contribution in [2.24, 2.45) is 0 Å². The standard InChI is InChI=1S/C11H13ClN6O2/c12-9-14-10(17-4-5-20-7-8(17)6-19)16-11(15-9)18-3-1-2-13-18/h1-3,8,19H,4-7H2. The van der Waals surface area contributed by atoms with Crippen LogP contribution in [0.15, 0.2) is 18.5 Å². The predicted molar refractivity (Wildman–Crippen MR) is 71.0 cm³/mol. The minimum atomic E-state index is -0.187. The predicted octanol–water partition coefficient (Wildman–Crippen LogP) is -0.0918. The Labute approximate surface area is 120 Å². The summed E-state index contributed by atoms with van der Waals surface area (Å²) in [4.78, 5) is 14.4. The Morgan fingerprint density at radius 3 is 2.95 bits per heavy atom. The summed E-state index contributed by atoms with van der Waals surface area (Å²) in [5, 5.41) is 13.6. The number of ether oxygens (including phenoxy) is 1. The average Bonchev–Trinajstić information content (AvgIpc) is 3.01. The summed E-state index contributed by atoms with van der Waals surface area (Å²) >= 11 is 5.95. The molecule has 1 aliphatic heterocycles. The van der Waals surface area contributed by atoms with Gasteiger partial charge in [-0.1, -0.05) is 0 Å². The molecule has 8 nitrogen and oxygen atoms in total. The van der Waals surface area contributed by atoms with Crippen molar-refractivity contribution in [3.63, 3.8) is 0 Å². The quantitative estimate of drug-likeness (QED) is 0.846. The van der Waals surface area contributed by atoms with E-state index in [1.54, 1.807) is 18.5 Å². The van der Waals surface area contributed by atoms with Crippen LogP contribution >= 0.6 is 11.6 Å². The maximum atomic E-state index is 9.40. The lowest BCUT2D eigenvalue weighted by molar-refractivity contribution is 0.0718. The van der Waals surface area contributed by atoms with Gasteiger partial charge in [-0.25, -0.2) is 4.68 Å². The second-order valence-electron chi connectivity index (χ2n) is 4.26. The highest BCUT2D eigenvalue weighted by Gasteiger charge is 2.25. The smallest absolute Gasteiger partial charge is 0.256 e. The number of hydrogen-bond donors (Lipinski definition) is 1. The summed E-state index contributed by atoms with van der Waals surface area (Å²) < 4.78 is 6.84. The Kier molecular flexibility index (Phi) is 3.77. The normalized spacial score (nSPS) is 19.3. The Bertz CT molecular complexity index is 578. The number of anilines is 1. The lowest BCUT2D eigenvalue weighted by Gasteiger charge is -2.34. The molecule has 2 aromatic heterocycles. The van der Waals surface area contributed by atoms with E-state index in [9.17, 15) is 5.11 Å². The molecule has 1 aliphatic rings. The molecule has 0 aromatic carbocycles. The van der Waals surface area contributed by atoms with Crippen LogP contribution in [0.3, 0.4) is 0 Å². The van der Waals surface area contributed by atoms with Crippen molar-refractivity contribution in [1.82, 2.24) is 24.7 Å². The van der Waals surface area contributed by atoms with Crippen molar-refractivity contribution >= 4 is 17.5 Å². The van der Waals surface area contributed by atoms with Gasteiger partial charge >= 0.3 is 0 Å². The minimum Gasteiger partial charge on any atom is -0.394 e. The first-order valence-corrected chi connectivity index (χ1v) is 6.52. The molecule has 0 spiro atoms. The largest absolute Gasteiger partial charge is 0.394 e. The molecule has 1 atom stereocenters. The second kappa shape index (κ2) is 5.70. The molecule has 0 amide bonds. The Morgan fingerprint density at radius 1 is 1.35 bits per heavy atom. The zero-order valence-electron chi connectivity index (χ0n) is 10.6. The third-order valence-electron chi connectivity index (χ3n) is 2.99. The van der Waals surface area contributed by atoms with Crippen LogP contribution in [0.2, 0.25) is 5.28 Å². The highest BCUT2D eigenvalue weighted by Crippen LogP contribution is 2.17. The van der Waals surface area contributed by atoms with Gasteiger partial charge in [0.1, 0.15) is 0 Å². The maximum Gasteiger partial charge on any atom is 0.256 e. The Balaban J connectivity index is 1.96. The third kappa shape index (κ3) is 2.58. The molecule has 20 heavy (non-hydrogen) atoms. The van der Waals surface area contributed by atoms with Crippen molar-refractivity contribution in [2.75, 3.05) is 31.3 Å². The number of nitrogens with zero attached hydrogens (tertiary/aromatic N) is 6. The van der Waals surface area contributed by atoms with Gasteiger partial charge in [0.05, 0.1) is 25.9 Å². The van der Waals surface area contributed by atoms with Crippen molar-refractivity contribution in [2.45, 2.75) is 6.04 Å². The number of aromatic nitrogens is 5. The summed E-state index contributed by atoms with van der Waals surface area (Å²) in [5.74, 6) is 0.756. The lowest BCUT2D eigenvalue weighted by atomic mass is 10.2. The number of aliphatic hydroxyl groups excluding tert-OH is 1. The van der Waals surface area contributed by atoms with Crippen LogP contribution in [0.25, 0.3) is 5.95 Å². The number of morpholine rings is 1. The molecule has 0 radical (unpaired) electrons. The van der Waals surface area contributed by atoms with Crippen LogP contribution in [-0.4, -0.2) is 62.2 Å². The molecule has 106 valence electrons. The molecular formula is C11H13ClN6O2. The molecule has 1 fully saturated rings. The van der Waals surface area contributed by atoms with Crippen molar-refractivity contribution in [3.8, 4) is 5.95 Å². The van der Waals surface area contributed by atoms with Crippen LogP contribution in [-0.2, 0) is 4.74 Å². The minimum absolute atomic E-state index is 0.0413. The van der Waals surface area contributed by atoms with E-state index in [2.05, 4.69) is 20.1 Å². The molecule has 1 saturated heterocycles. The highest BCUT2D eigenvalue weighted by molar-refractivity contribution is 6.28. The van der Waals surface area contributed by atoms with Gasteiger partial charge in [0.2, 0.25) is 11.2 Å². The maximum absolute atomic E-state index is 9.40. The molecular weight excluding hydrogens is 284 g/mol. The fourth-order valence-corrected chi connectivity index (χ4v) is 2.17. The van der Waals surface area contributed by atoms with Gasteiger partial charge < -0.3 is 14.7 Å². The van der Waals surface area contributed by atoms with Gasteiger partial charge in [0, 0.05) is 18.9 Å². The molecule has 3 rings (SSSR count). The van der Waals surface area contributed by atoms with E-state index >= 15 is 0 Å². The van der Waals surface area contributed by atoms with E-state index < -0.39 is 0 Å². The van der Waals surface area contributed by atoms with E-state index in [1.165, 1.54) is 4.68 Å². The first kappa shape index (κ1) is 13.2. The van der Waals surface area contributed by atoms with Gasteiger partial charge in [-0.15, -0.1) is 0 Å². The number of rotatable bonds is 3. The van der Waals surface area contributed by atoms with Gasteiger partial charge in [-0.2, -0.15) is 20.1 Å². The van der Waals surface area contributed by atoms with Crippen molar-refractivity contribution in [1.29, 1.82) is 0 Å². The fraction of sp³-hybridized carbons (Fsp3) is 0.455. The van der Waals surface area contributed by atoms with Crippen molar-refractivity contribution < 1.29 is 9.84 Å². The van der Waals surface area contributed by atoms with Crippen LogP contribution in [0.5, 0.6) is 0 Å². The molecule has 9 heteroatoms. The Hall–Kier alpha value is -1.77. The fourth-order valence-electron chi connectivity index (χ4n) is 2.02. The molecule has 3 heterocycles. The van der Waals surface area contributed by atoms with Crippen LogP contribution in [0, 0.1) is 0 Å². The van der Waals surface area contributed by atoms with Crippen molar-refractivity contribution in [3.05, 3.63) is 23.7 Å². The van der Waals surface area contributed by atoms with Gasteiger partial charge in [-0.3, -0.25) is 0 Å². The zero-order valence-corrected chi connectivity index (χ0v) is 11.3. The average molecular weight is 297 g/mol. The van der Waals surface area contributed by atoms with Gasteiger partial charge in [-0.05, 0) is 17.7 Å². The zero-order chi connectivity index (χ0) is 13.9. The summed E-state index contributed by atoms with van der Waals surface area (Å²) in [5.41, 5.74) is 0. The summed E-state index contributed by atoms with van der Waals surface area (Å²) in [6, 6.07) is 1.58. The van der Waals surface area contributed by atoms with Crippen LogP contribution < -0.4 is 4.90 Å². The second-order valence-corrected chi connectivity index (χ2v) is 4.60. The van der Waals surface area contributed by atoms with E-state index in [1.807, 2.05) is 4.90 Å². The summed E-state index contributed by atoms with van der Waals surface area (Å²) in [6.07, 6.45) is 3.35. The molecule has 1 unspecified atom stereocenters. The number of aliphatic hydroxyl groups is 1. The molecule has 1 N–H and O–H groups in total. The number of hydrogen-bond acceptors (Lipinski definition) is 7. The third-order valence-corrected chi connectivity index (χ3v) is 3.16. The van der Waals surface area contributed by atoms with E-state index in [0.29, 0.717) is 31.7 Å².